The van der Waals surface area contributed by atoms with Crippen molar-refractivity contribution < 1.29 is 14.3 Å². The molecule has 1 amide bonds. The molecule has 1 aliphatic heterocycles. The molecule has 1 fully saturated rings. The van der Waals surface area contributed by atoms with Crippen LogP contribution in [0.25, 0.3) is 6.08 Å². The topological polar surface area (TPSA) is 71.5 Å². The van der Waals surface area contributed by atoms with Crippen LogP contribution in [0.4, 0.5) is 5.82 Å². The van der Waals surface area contributed by atoms with Crippen molar-refractivity contribution in [3.63, 3.8) is 0 Å². The van der Waals surface area contributed by atoms with E-state index in [1.165, 1.54) is 6.08 Å². The van der Waals surface area contributed by atoms with Crippen LogP contribution in [0.5, 0.6) is 0 Å². The summed E-state index contributed by atoms with van der Waals surface area (Å²) in [7, 11) is 0. The summed E-state index contributed by atoms with van der Waals surface area (Å²) in [4.78, 5) is 30.1. The first-order chi connectivity index (χ1) is 13.5. The number of aromatic nitrogens is 1. The molecule has 6 nitrogen and oxygen atoms in total. The Morgan fingerprint density at radius 3 is 2.75 bits per heavy atom. The highest BCUT2D eigenvalue weighted by Gasteiger charge is 2.27. The van der Waals surface area contributed by atoms with Crippen LogP contribution in [0, 0.1) is 0 Å². The molecule has 2 heterocycles. The van der Waals surface area contributed by atoms with Gasteiger partial charge in [-0.1, -0.05) is 11.6 Å². The quantitative estimate of drug-likeness (QED) is 0.593. The number of nitrogens with one attached hydrogen (secondary N) is 1. The number of nitrogens with zero attached hydrogens (tertiary/aromatic N) is 2. The first-order valence-electron chi connectivity index (χ1n) is 9.17. The molecule has 0 unspecified atom stereocenters. The third-order valence-corrected chi connectivity index (χ3v) is 4.66. The lowest BCUT2D eigenvalue weighted by Gasteiger charge is -2.17. The highest BCUT2D eigenvalue weighted by molar-refractivity contribution is 6.30. The molecule has 0 spiro atoms. The van der Waals surface area contributed by atoms with E-state index in [4.69, 9.17) is 16.3 Å². The van der Waals surface area contributed by atoms with Crippen molar-refractivity contribution in [3.8, 4) is 0 Å². The van der Waals surface area contributed by atoms with Gasteiger partial charge in [-0.2, -0.15) is 0 Å². The van der Waals surface area contributed by atoms with Crippen LogP contribution in [-0.4, -0.2) is 47.5 Å². The SMILES string of the molecule is CCOC(=O)/C=C/c1ccc(N[C@H]2CCN(C(=O)c3ccc(Cl)cc3)C2)nc1. The van der Waals surface area contributed by atoms with Gasteiger partial charge in [0.2, 0.25) is 0 Å². The number of hydrogen-bond donors (Lipinski definition) is 1. The van der Waals surface area contributed by atoms with Crippen LogP contribution in [0.1, 0.15) is 29.3 Å². The summed E-state index contributed by atoms with van der Waals surface area (Å²) in [5.41, 5.74) is 1.45. The Morgan fingerprint density at radius 1 is 1.29 bits per heavy atom. The molecule has 0 radical (unpaired) electrons. The lowest BCUT2D eigenvalue weighted by molar-refractivity contribution is -0.137. The molecule has 28 heavy (non-hydrogen) atoms. The van der Waals surface area contributed by atoms with Gasteiger partial charge in [-0.25, -0.2) is 9.78 Å². The van der Waals surface area contributed by atoms with E-state index in [-0.39, 0.29) is 17.9 Å². The van der Waals surface area contributed by atoms with Crippen LogP contribution in [0.2, 0.25) is 5.02 Å². The normalized spacial score (nSPS) is 16.4. The second kappa shape index (κ2) is 9.37. The minimum atomic E-state index is -0.374. The summed E-state index contributed by atoms with van der Waals surface area (Å²) >= 11 is 5.88. The monoisotopic (exact) mass is 399 g/mol. The molecule has 1 atom stereocenters. The zero-order valence-corrected chi connectivity index (χ0v) is 16.4. The lowest BCUT2D eigenvalue weighted by Crippen LogP contribution is -2.31. The van der Waals surface area contributed by atoms with Gasteiger partial charge < -0.3 is 15.0 Å². The average Bonchev–Trinajstić information content (AvgIpc) is 3.16. The average molecular weight is 400 g/mol. The van der Waals surface area contributed by atoms with Crippen molar-refractivity contribution in [2.45, 2.75) is 19.4 Å². The van der Waals surface area contributed by atoms with E-state index < -0.39 is 0 Å². The predicted octanol–water partition coefficient (Wildman–Crippen LogP) is 3.64. The Bertz CT molecular complexity index is 850. The number of carbonyl (C=O) groups is 2. The fourth-order valence-corrected chi connectivity index (χ4v) is 3.12. The summed E-state index contributed by atoms with van der Waals surface area (Å²) in [6.07, 6.45) is 5.58. The van der Waals surface area contributed by atoms with Crippen LogP contribution in [0.15, 0.2) is 48.7 Å². The van der Waals surface area contributed by atoms with Gasteiger partial charge in [-0.3, -0.25) is 4.79 Å². The second-order valence-electron chi connectivity index (χ2n) is 6.45. The molecule has 1 aromatic heterocycles. The Balaban J connectivity index is 1.53. The molecule has 0 aliphatic carbocycles. The van der Waals surface area contributed by atoms with Crippen LogP contribution in [0.3, 0.4) is 0 Å². The lowest BCUT2D eigenvalue weighted by atomic mass is 10.2. The Labute approximate surface area is 169 Å². The van der Waals surface area contributed by atoms with Gasteiger partial charge in [0.1, 0.15) is 5.82 Å². The van der Waals surface area contributed by atoms with Gasteiger partial charge in [0.25, 0.3) is 5.91 Å². The summed E-state index contributed by atoms with van der Waals surface area (Å²) < 4.78 is 4.85. The van der Waals surface area contributed by atoms with Crippen molar-refractivity contribution in [1.82, 2.24) is 9.88 Å². The third kappa shape index (κ3) is 5.33. The molecular formula is C21H22ClN3O3. The number of benzene rings is 1. The Kier molecular flexibility index (Phi) is 6.66. The van der Waals surface area contributed by atoms with Crippen molar-refractivity contribution in [2.75, 3.05) is 25.0 Å². The molecule has 1 aromatic carbocycles. The number of anilines is 1. The third-order valence-electron chi connectivity index (χ3n) is 4.40. The number of pyridine rings is 1. The van der Waals surface area contributed by atoms with Crippen LogP contribution >= 0.6 is 11.6 Å². The van der Waals surface area contributed by atoms with Crippen LogP contribution < -0.4 is 5.32 Å². The standard InChI is InChI=1S/C21H22ClN3O3/c1-2-28-20(26)10-4-15-3-9-19(23-13-15)24-18-11-12-25(14-18)21(27)16-5-7-17(22)8-6-16/h3-10,13,18H,2,11-12,14H2,1H3,(H,23,24)/b10-4+/t18-/m0/s1. The van der Waals surface area contributed by atoms with E-state index >= 15 is 0 Å². The number of halogens is 1. The minimum absolute atomic E-state index is 0.00776. The first kappa shape index (κ1) is 19.9. The fraction of sp³-hybridized carbons (Fsp3) is 0.286. The first-order valence-corrected chi connectivity index (χ1v) is 9.55. The Hall–Kier alpha value is -2.86. The summed E-state index contributed by atoms with van der Waals surface area (Å²) in [5.74, 6) is 0.369. The number of likely N-dealkylation sites (tertiary alicyclic amines) is 1. The molecule has 7 heteroatoms. The van der Waals surface area contributed by atoms with E-state index in [1.54, 1.807) is 43.5 Å². The predicted molar refractivity (Wildman–Crippen MR) is 109 cm³/mol. The summed E-state index contributed by atoms with van der Waals surface area (Å²) in [5, 5.41) is 3.97. The highest BCUT2D eigenvalue weighted by atomic mass is 35.5. The van der Waals surface area contributed by atoms with E-state index in [1.807, 2.05) is 17.0 Å². The molecule has 146 valence electrons. The molecule has 2 aromatic rings. The van der Waals surface area contributed by atoms with Crippen molar-refractivity contribution in [1.29, 1.82) is 0 Å². The molecule has 3 rings (SSSR count). The van der Waals surface area contributed by atoms with Gasteiger partial charge >= 0.3 is 5.97 Å². The Morgan fingerprint density at radius 2 is 2.07 bits per heavy atom. The van der Waals surface area contributed by atoms with Gasteiger partial charge in [-0.05, 0) is 61.4 Å². The number of esters is 1. The molecule has 1 N–H and O–H groups in total. The number of rotatable bonds is 6. The minimum Gasteiger partial charge on any atom is -0.463 e. The van der Waals surface area contributed by atoms with Crippen molar-refractivity contribution >= 4 is 35.4 Å². The number of amides is 1. The molecule has 1 saturated heterocycles. The van der Waals surface area contributed by atoms with Crippen molar-refractivity contribution in [3.05, 3.63) is 64.8 Å². The summed E-state index contributed by atoms with van der Waals surface area (Å²) in [6.45, 7) is 3.43. The number of hydrogen-bond acceptors (Lipinski definition) is 5. The zero-order valence-electron chi connectivity index (χ0n) is 15.6. The van der Waals surface area contributed by atoms with Crippen LogP contribution in [-0.2, 0) is 9.53 Å². The van der Waals surface area contributed by atoms with Gasteiger partial charge in [0, 0.05) is 42.0 Å². The van der Waals surface area contributed by atoms with Gasteiger partial charge in [0.15, 0.2) is 0 Å². The smallest absolute Gasteiger partial charge is 0.330 e. The van der Waals surface area contributed by atoms with E-state index in [9.17, 15) is 9.59 Å². The van der Waals surface area contributed by atoms with E-state index in [2.05, 4.69) is 10.3 Å². The molecular weight excluding hydrogens is 378 g/mol. The van der Waals surface area contributed by atoms with Gasteiger partial charge in [0.05, 0.1) is 6.61 Å². The largest absolute Gasteiger partial charge is 0.463 e. The zero-order chi connectivity index (χ0) is 19.9. The summed E-state index contributed by atoms with van der Waals surface area (Å²) in [6, 6.07) is 10.8. The molecule has 0 saturated carbocycles. The maximum Gasteiger partial charge on any atom is 0.330 e. The van der Waals surface area contributed by atoms with E-state index in [0.29, 0.717) is 30.3 Å². The second-order valence-corrected chi connectivity index (χ2v) is 6.89. The molecule has 0 bridgehead atoms. The maximum atomic E-state index is 12.6. The highest BCUT2D eigenvalue weighted by Crippen LogP contribution is 2.18. The van der Waals surface area contributed by atoms with E-state index in [0.717, 1.165) is 17.8 Å². The van der Waals surface area contributed by atoms with Gasteiger partial charge in [-0.15, -0.1) is 0 Å². The maximum absolute atomic E-state index is 12.6. The molecule has 1 aliphatic rings. The number of carbonyl (C=O) groups excluding carboxylic acids is 2. The van der Waals surface area contributed by atoms with Crippen molar-refractivity contribution in [2.24, 2.45) is 0 Å². The fourth-order valence-electron chi connectivity index (χ4n) is 2.99. The number of ether oxygens (including phenoxy) is 1.